The molecule has 0 unspecified atom stereocenters. The van der Waals surface area contributed by atoms with Gasteiger partial charge in [0.1, 0.15) is 24.4 Å². The van der Waals surface area contributed by atoms with Crippen LogP contribution in [0.25, 0.3) is 0 Å². The van der Waals surface area contributed by atoms with E-state index in [9.17, 15) is 30.6 Å². The Morgan fingerprint density at radius 1 is 0.585 bits per heavy atom. The Bertz CT molecular complexity index is 2710. The van der Waals surface area contributed by atoms with E-state index in [2.05, 4.69) is 98.0 Å². The molecule has 4 aliphatic heterocycles. The predicted octanol–water partition coefficient (Wildman–Crippen LogP) is 7.47. The Morgan fingerprint density at radius 3 is 1.41 bits per heavy atom. The minimum absolute atomic E-state index is 0.106. The smallest absolute Gasteiger partial charge is 0.110 e. The van der Waals surface area contributed by atoms with Crippen LogP contribution in [0.4, 0.5) is 0 Å². The lowest BCUT2D eigenvalue weighted by Gasteiger charge is -2.49. The molecular formula is C66H98N8O8. The first-order chi connectivity index (χ1) is 39.2. The summed E-state index contributed by atoms with van der Waals surface area (Å²) in [5.74, 6) is 5.37. The van der Waals surface area contributed by atoms with Crippen LogP contribution in [0.15, 0.2) is 58.0 Å². The molecule has 0 bridgehead atoms. The summed E-state index contributed by atoms with van der Waals surface area (Å²) in [6, 6.07) is 0.456. The zero-order valence-electron chi connectivity index (χ0n) is 50.5. The Hall–Kier alpha value is -3.16. The maximum atomic E-state index is 11.3. The number of nitrogens with zero attached hydrogens (tertiary/aromatic N) is 8. The average Bonchev–Trinajstić information content (AvgIpc) is 4.44. The first-order valence-corrected chi connectivity index (χ1v) is 32.7. The van der Waals surface area contributed by atoms with Crippen molar-refractivity contribution in [3.05, 3.63) is 69.4 Å². The van der Waals surface area contributed by atoms with Crippen LogP contribution >= 0.6 is 0 Å². The normalized spacial score (nSPS) is 45.8. The van der Waals surface area contributed by atoms with Crippen molar-refractivity contribution in [2.75, 3.05) is 13.1 Å². The van der Waals surface area contributed by atoms with E-state index in [4.69, 9.17) is 9.47 Å². The first kappa shape index (κ1) is 56.6. The lowest BCUT2D eigenvalue weighted by atomic mass is 9.56. The van der Waals surface area contributed by atoms with E-state index in [1.807, 2.05) is 12.4 Å². The number of hydrogen-bond acceptors (Lipinski definition) is 14. The van der Waals surface area contributed by atoms with E-state index in [0.29, 0.717) is 72.3 Å². The van der Waals surface area contributed by atoms with Gasteiger partial charge < -0.3 is 40.1 Å². The molecule has 16 nitrogen and oxygen atoms in total. The number of rotatable bonds is 11. The maximum Gasteiger partial charge on any atom is 0.110 e. The SMILES string of the molecule is CC1=C2C[C@H]3[C@@H](CC=C4C[C@@H](O)CC[C@@]43C)[C@@H]2CC[C@]12O[C@@H]1C[C@H](C)CN(Cc3cn(C[C@@H](O)[C@@H](O)[C@H](O)[C@H](O)Cn4cc(CN5C[C@@H](C)C[C@H]6O[C@]7(CC[C@@H]8C(=C7C)C[C@H]7[C@H]8CC=C8C[C@@H](O)CC[C@@]87C)[C@H](C)[C@@H]65)nn4)nn3)[C@H]1[C@H]2C. The molecule has 16 heteroatoms. The van der Waals surface area contributed by atoms with E-state index in [-0.39, 0.29) is 71.6 Å². The monoisotopic (exact) mass is 1130 g/mol. The van der Waals surface area contributed by atoms with E-state index >= 15 is 0 Å². The number of likely N-dealkylation sites (tertiary alicyclic amines) is 2. The van der Waals surface area contributed by atoms with Crippen molar-refractivity contribution >= 4 is 0 Å². The zero-order chi connectivity index (χ0) is 57.1. The van der Waals surface area contributed by atoms with E-state index in [0.717, 1.165) is 114 Å². The molecule has 0 aromatic carbocycles. The number of aliphatic hydroxyl groups is 6. The quantitative estimate of drug-likeness (QED) is 0.121. The molecule has 2 aromatic heterocycles. The number of aromatic nitrogens is 6. The van der Waals surface area contributed by atoms with Crippen molar-refractivity contribution in [1.82, 2.24) is 39.8 Å². The van der Waals surface area contributed by atoms with Crippen molar-refractivity contribution in [3.8, 4) is 0 Å². The Kier molecular flexibility index (Phi) is 14.3. The van der Waals surface area contributed by atoms with Gasteiger partial charge in [0, 0.05) is 62.5 Å². The summed E-state index contributed by atoms with van der Waals surface area (Å²) in [5.41, 5.74) is 10.7. The van der Waals surface area contributed by atoms with Gasteiger partial charge in [0.05, 0.1) is 60.1 Å². The molecule has 82 heavy (non-hydrogen) atoms. The highest BCUT2D eigenvalue weighted by atomic mass is 16.5. The Balaban J connectivity index is 0.589. The summed E-state index contributed by atoms with van der Waals surface area (Å²) in [4.78, 5) is 5.11. The zero-order valence-corrected chi connectivity index (χ0v) is 50.5. The number of ether oxygens (including phenoxy) is 2. The molecule has 8 aliphatic carbocycles. The fourth-order valence-corrected chi connectivity index (χ4v) is 21.8. The van der Waals surface area contributed by atoms with Gasteiger partial charge >= 0.3 is 0 Å². The van der Waals surface area contributed by atoms with Crippen LogP contribution in [0.3, 0.4) is 0 Å². The third-order valence-corrected chi connectivity index (χ3v) is 26.0. The highest BCUT2D eigenvalue weighted by Gasteiger charge is 2.64. The minimum Gasteiger partial charge on any atom is -0.393 e. The molecule has 6 N–H and O–H groups in total. The van der Waals surface area contributed by atoms with Gasteiger partial charge in [0.2, 0.25) is 0 Å². The molecule has 450 valence electrons. The van der Waals surface area contributed by atoms with Crippen LogP contribution in [0.5, 0.6) is 0 Å². The summed E-state index contributed by atoms with van der Waals surface area (Å²) >= 11 is 0. The maximum absolute atomic E-state index is 11.3. The van der Waals surface area contributed by atoms with Crippen LogP contribution in [-0.4, -0.2) is 156 Å². The second-order valence-corrected chi connectivity index (χ2v) is 30.3. The van der Waals surface area contributed by atoms with Gasteiger partial charge in [-0.1, -0.05) is 86.4 Å². The van der Waals surface area contributed by atoms with Crippen molar-refractivity contribution in [2.24, 2.45) is 70.0 Å². The Morgan fingerprint density at radius 2 is 1.00 bits per heavy atom. The molecule has 4 saturated heterocycles. The van der Waals surface area contributed by atoms with Crippen molar-refractivity contribution in [3.63, 3.8) is 0 Å². The third kappa shape index (κ3) is 8.90. The molecular weight excluding hydrogens is 1030 g/mol. The fraction of sp³-hybridized carbons (Fsp3) is 0.818. The van der Waals surface area contributed by atoms with Gasteiger partial charge in [0.15, 0.2) is 0 Å². The third-order valence-electron chi connectivity index (χ3n) is 26.0. The molecule has 4 saturated carbocycles. The molecule has 6 heterocycles. The Labute approximate surface area is 486 Å². The van der Waals surface area contributed by atoms with Gasteiger partial charge in [-0.15, -0.1) is 10.2 Å². The summed E-state index contributed by atoms with van der Waals surface area (Å²) in [6.07, 6.45) is 19.2. The summed E-state index contributed by atoms with van der Waals surface area (Å²) < 4.78 is 17.9. The van der Waals surface area contributed by atoms with E-state index in [1.54, 1.807) is 11.1 Å². The topological polar surface area (TPSA) is 208 Å². The van der Waals surface area contributed by atoms with Crippen LogP contribution in [0, 0.1) is 70.0 Å². The molecule has 12 aliphatic rings. The summed E-state index contributed by atoms with van der Waals surface area (Å²) in [7, 11) is 0. The predicted molar refractivity (Wildman–Crippen MR) is 309 cm³/mol. The second-order valence-electron chi connectivity index (χ2n) is 30.3. The van der Waals surface area contributed by atoms with Crippen LogP contribution in [0.1, 0.15) is 170 Å². The highest BCUT2D eigenvalue weighted by Crippen LogP contribution is 2.67. The minimum atomic E-state index is -1.65. The number of aliphatic hydroxyl groups excluding tert-OH is 6. The molecule has 8 fully saturated rings. The van der Waals surface area contributed by atoms with Gasteiger partial charge in [0.25, 0.3) is 0 Å². The first-order valence-electron chi connectivity index (χ1n) is 32.7. The van der Waals surface area contributed by atoms with Gasteiger partial charge in [-0.25, -0.2) is 9.36 Å². The van der Waals surface area contributed by atoms with Crippen LogP contribution in [0.2, 0.25) is 0 Å². The van der Waals surface area contributed by atoms with E-state index in [1.165, 1.54) is 44.5 Å². The van der Waals surface area contributed by atoms with Gasteiger partial charge in [-0.2, -0.15) is 0 Å². The lowest BCUT2D eigenvalue weighted by molar-refractivity contribution is -0.112. The lowest BCUT2D eigenvalue weighted by Crippen LogP contribution is -2.51. The fourth-order valence-electron chi connectivity index (χ4n) is 21.8. The second kappa shape index (κ2) is 20.7. The van der Waals surface area contributed by atoms with Crippen LogP contribution < -0.4 is 0 Å². The molecule has 0 radical (unpaired) electrons. The standard InChI is InChI=1S/C66H98N8O8/c1-35-21-57-59(39(5)65(81-57)19-15-47-49-11-9-41-23-45(75)13-17-63(41,7)53(49)25-51(47)37(65)3)71(27-35)29-43-31-73(69-67-43)33-55(77)61(79)62(80)56(78)34-74-32-44(68-70-74)30-72-28-36(2)22-58-60(72)40(6)66(82-58)20-16-48-50-12-10-42-24-46(76)14-18-64(42,8)54(50)26-52(48)38(66)4/h9-10,31-32,35-36,39-40,45-50,53-62,75-80H,11-30,33-34H2,1-8H3/t35-,36-,39+,40+,45-,46-,47-,48-,49-,50-,53-,54-,55+,56+,57+,58+,59-,60-,61+,62+,63-,64-,65-,66-/m0/s1. The van der Waals surface area contributed by atoms with Crippen molar-refractivity contribution in [1.29, 1.82) is 0 Å². The largest absolute Gasteiger partial charge is 0.393 e. The summed E-state index contributed by atoms with van der Waals surface area (Å²) in [5, 5.41) is 84.2. The molecule has 2 spiro atoms. The van der Waals surface area contributed by atoms with Crippen molar-refractivity contribution in [2.45, 2.75) is 256 Å². The number of allylic oxidation sites excluding steroid dienone is 4. The van der Waals surface area contributed by atoms with Gasteiger partial charge in [-0.05, 0) is 186 Å². The highest BCUT2D eigenvalue weighted by molar-refractivity contribution is 5.41. The summed E-state index contributed by atoms with van der Waals surface area (Å²) in [6.45, 7) is 22.1. The molecule has 24 atom stereocenters. The van der Waals surface area contributed by atoms with E-state index < -0.39 is 24.4 Å². The van der Waals surface area contributed by atoms with Crippen LogP contribution in [-0.2, 0) is 35.7 Å². The number of hydrogen-bond donors (Lipinski definition) is 6. The molecule has 2 aromatic rings. The molecule has 0 amide bonds. The number of piperidine rings is 2. The number of fused-ring (bicyclic) bond motifs is 12. The average molecular weight is 1130 g/mol. The molecule has 14 rings (SSSR count). The van der Waals surface area contributed by atoms with Gasteiger partial charge in [-0.3, -0.25) is 9.80 Å². The van der Waals surface area contributed by atoms with Crippen molar-refractivity contribution < 1.29 is 40.1 Å².